The first kappa shape index (κ1) is 26.7. The standard InChI is InChI=1S/C29H29FN4O4/c1-33(2)17-25(35)34(3)22-11-9-21(10-12-22)31-28(19-7-5-6-18(14-19)15-26(36)38-4)27-23-13-8-20(30)16-24(23)32-29(27)37/h5-14,16,27H,15,17H2,1-4H3,(H,32,37). The second kappa shape index (κ2) is 11.4. The van der Waals surface area contributed by atoms with Crippen molar-refractivity contribution < 1.29 is 23.5 Å². The van der Waals surface area contributed by atoms with Crippen LogP contribution in [0.2, 0.25) is 0 Å². The van der Waals surface area contributed by atoms with Gasteiger partial charge in [0.2, 0.25) is 11.8 Å². The number of nitrogens with zero attached hydrogens (tertiary/aromatic N) is 3. The lowest BCUT2D eigenvalue weighted by Gasteiger charge is -2.20. The number of ether oxygens (including phenoxy) is 1. The number of carbonyl (C=O) groups is 3. The monoisotopic (exact) mass is 516 g/mol. The van der Waals surface area contributed by atoms with Gasteiger partial charge in [-0.15, -0.1) is 0 Å². The Morgan fingerprint density at radius 2 is 1.76 bits per heavy atom. The van der Waals surface area contributed by atoms with Gasteiger partial charge in [0.15, 0.2) is 0 Å². The zero-order chi connectivity index (χ0) is 27.4. The summed E-state index contributed by atoms with van der Waals surface area (Å²) < 4.78 is 18.7. The molecule has 0 spiro atoms. The zero-order valence-corrected chi connectivity index (χ0v) is 21.7. The molecule has 1 heterocycles. The van der Waals surface area contributed by atoms with Crippen molar-refractivity contribution >= 4 is 40.6 Å². The van der Waals surface area contributed by atoms with Crippen molar-refractivity contribution in [3.63, 3.8) is 0 Å². The van der Waals surface area contributed by atoms with Gasteiger partial charge in [0.1, 0.15) is 11.7 Å². The molecule has 3 aromatic carbocycles. The highest BCUT2D eigenvalue weighted by Gasteiger charge is 2.35. The minimum atomic E-state index is -0.789. The summed E-state index contributed by atoms with van der Waals surface area (Å²) in [5, 5.41) is 2.75. The Morgan fingerprint density at radius 3 is 2.45 bits per heavy atom. The number of hydrogen-bond acceptors (Lipinski definition) is 6. The topological polar surface area (TPSA) is 91.3 Å². The van der Waals surface area contributed by atoms with Crippen LogP contribution in [0, 0.1) is 5.82 Å². The van der Waals surface area contributed by atoms with Crippen molar-refractivity contribution in [1.82, 2.24) is 4.90 Å². The van der Waals surface area contributed by atoms with Crippen molar-refractivity contribution in [2.24, 2.45) is 4.99 Å². The summed E-state index contributed by atoms with van der Waals surface area (Å²) in [7, 11) is 6.70. The van der Waals surface area contributed by atoms with Crippen LogP contribution in [0.25, 0.3) is 0 Å². The molecule has 3 aromatic rings. The number of halogens is 1. The van der Waals surface area contributed by atoms with Crippen LogP contribution in [-0.2, 0) is 25.5 Å². The van der Waals surface area contributed by atoms with E-state index in [1.807, 2.05) is 20.2 Å². The van der Waals surface area contributed by atoms with Crippen LogP contribution in [0.5, 0.6) is 0 Å². The third-order valence-corrected chi connectivity index (χ3v) is 6.23. The van der Waals surface area contributed by atoms with Gasteiger partial charge in [-0.3, -0.25) is 19.4 Å². The SMILES string of the molecule is COC(=O)Cc1cccc(C(=Nc2ccc(N(C)C(=O)CN(C)C)cc2)C2C(=O)Nc3cc(F)ccc32)c1. The summed E-state index contributed by atoms with van der Waals surface area (Å²) in [4.78, 5) is 45.7. The molecule has 0 bridgehead atoms. The number of likely N-dealkylation sites (N-methyl/N-ethyl adjacent to an activating group) is 2. The second-order valence-electron chi connectivity index (χ2n) is 9.31. The Balaban J connectivity index is 1.75. The van der Waals surface area contributed by atoms with Crippen molar-refractivity contribution in [2.45, 2.75) is 12.3 Å². The maximum Gasteiger partial charge on any atom is 0.309 e. The van der Waals surface area contributed by atoms with Gasteiger partial charge in [0.25, 0.3) is 0 Å². The third kappa shape index (κ3) is 5.95. The average Bonchev–Trinajstić information content (AvgIpc) is 3.21. The number of rotatable bonds is 8. The molecule has 1 aliphatic rings. The van der Waals surface area contributed by atoms with E-state index in [1.54, 1.807) is 65.4 Å². The molecule has 1 aliphatic heterocycles. The van der Waals surface area contributed by atoms with Gasteiger partial charge >= 0.3 is 5.97 Å². The molecule has 0 aliphatic carbocycles. The van der Waals surface area contributed by atoms with Crippen LogP contribution in [-0.4, -0.2) is 63.2 Å². The van der Waals surface area contributed by atoms with E-state index in [0.717, 1.165) is 0 Å². The quantitative estimate of drug-likeness (QED) is 0.362. The Labute approximate surface area is 220 Å². The fourth-order valence-electron chi connectivity index (χ4n) is 4.29. The van der Waals surface area contributed by atoms with Gasteiger partial charge < -0.3 is 19.9 Å². The molecular formula is C29H29FN4O4. The predicted octanol–water partition coefficient (Wildman–Crippen LogP) is 3.92. The summed E-state index contributed by atoms with van der Waals surface area (Å²) in [6, 6.07) is 18.5. The molecule has 1 atom stereocenters. The second-order valence-corrected chi connectivity index (χ2v) is 9.31. The molecule has 0 fully saturated rings. The zero-order valence-electron chi connectivity index (χ0n) is 21.7. The van der Waals surface area contributed by atoms with E-state index < -0.39 is 11.7 Å². The first-order valence-corrected chi connectivity index (χ1v) is 12.0. The molecule has 0 saturated carbocycles. The van der Waals surface area contributed by atoms with Crippen molar-refractivity contribution in [3.05, 3.63) is 89.2 Å². The van der Waals surface area contributed by atoms with Gasteiger partial charge in [-0.05, 0) is 73.3 Å². The van der Waals surface area contributed by atoms with Gasteiger partial charge in [-0.2, -0.15) is 0 Å². The molecule has 2 amide bonds. The first-order valence-electron chi connectivity index (χ1n) is 12.0. The lowest BCUT2D eigenvalue weighted by atomic mass is 9.89. The van der Waals surface area contributed by atoms with E-state index in [-0.39, 0.29) is 30.7 Å². The van der Waals surface area contributed by atoms with Crippen molar-refractivity contribution in [3.8, 4) is 0 Å². The van der Waals surface area contributed by atoms with E-state index in [1.165, 1.54) is 19.2 Å². The minimum absolute atomic E-state index is 0.0548. The Morgan fingerprint density at radius 1 is 1.03 bits per heavy atom. The summed E-state index contributed by atoms with van der Waals surface area (Å²) in [6.07, 6.45) is 0.0677. The van der Waals surface area contributed by atoms with E-state index >= 15 is 0 Å². The molecule has 1 N–H and O–H groups in total. The lowest BCUT2D eigenvalue weighted by Crippen LogP contribution is -2.34. The summed E-state index contributed by atoms with van der Waals surface area (Å²) >= 11 is 0. The normalized spacial score (nSPS) is 14.7. The molecule has 9 heteroatoms. The molecular weight excluding hydrogens is 487 g/mol. The third-order valence-electron chi connectivity index (χ3n) is 6.23. The number of anilines is 2. The predicted molar refractivity (Wildman–Crippen MR) is 145 cm³/mol. The Kier molecular flexibility index (Phi) is 7.97. The smallest absolute Gasteiger partial charge is 0.309 e. The van der Waals surface area contributed by atoms with Crippen LogP contribution in [0.4, 0.5) is 21.5 Å². The minimum Gasteiger partial charge on any atom is -0.469 e. The largest absolute Gasteiger partial charge is 0.469 e. The van der Waals surface area contributed by atoms with Crippen molar-refractivity contribution in [1.29, 1.82) is 0 Å². The fraction of sp³-hybridized carbons (Fsp3) is 0.241. The van der Waals surface area contributed by atoms with Crippen LogP contribution in [0.15, 0.2) is 71.7 Å². The molecule has 196 valence electrons. The average molecular weight is 517 g/mol. The van der Waals surface area contributed by atoms with Crippen LogP contribution >= 0.6 is 0 Å². The number of aliphatic imine (C=N–C) groups is 1. The number of nitrogens with one attached hydrogen (secondary N) is 1. The summed E-state index contributed by atoms with van der Waals surface area (Å²) in [5.74, 6) is -2.01. The van der Waals surface area contributed by atoms with Crippen molar-refractivity contribution in [2.75, 3.05) is 45.0 Å². The van der Waals surface area contributed by atoms with E-state index in [2.05, 4.69) is 5.32 Å². The van der Waals surface area contributed by atoms with Crippen LogP contribution < -0.4 is 10.2 Å². The molecule has 0 aromatic heterocycles. The van der Waals surface area contributed by atoms with Gasteiger partial charge in [0, 0.05) is 18.4 Å². The van der Waals surface area contributed by atoms with Gasteiger partial charge in [-0.1, -0.05) is 24.3 Å². The molecule has 38 heavy (non-hydrogen) atoms. The Hall–Kier alpha value is -4.37. The number of carbonyl (C=O) groups excluding carboxylic acids is 3. The van der Waals surface area contributed by atoms with Gasteiger partial charge in [-0.25, -0.2) is 4.39 Å². The highest BCUT2D eigenvalue weighted by molar-refractivity contribution is 6.24. The van der Waals surface area contributed by atoms with E-state index in [4.69, 9.17) is 9.73 Å². The Bertz CT molecular complexity index is 1400. The first-order chi connectivity index (χ1) is 18.2. The maximum absolute atomic E-state index is 13.9. The molecule has 8 nitrogen and oxygen atoms in total. The number of hydrogen-bond donors (Lipinski definition) is 1. The summed E-state index contributed by atoms with van der Waals surface area (Å²) in [5.41, 5.74) is 4.08. The van der Waals surface area contributed by atoms with E-state index in [0.29, 0.717) is 39.5 Å². The summed E-state index contributed by atoms with van der Waals surface area (Å²) in [6.45, 7) is 0.277. The van der Waals surface area contributed by atoms with Crippen LogP contribution in [0.1, 0.15) is 22.6 Å². The van der Waals surface area contributed by atoms with Gasteiger partial charge in [0.05, 0.1) is 31.5 Å². The number of fused-ring (bicyclic) bond motifs is 1. The highest BCUT2D eigenvalue weighted by Crippen LogP contribution is 2.37. The number of methoxy groups -OCH3 is 1. The lowest BCUT2D eigenvalue weighted by molar-refractivity contribution is -0.139. The molecule has 0 radical (unpaired) electrons. The molecule has 1 unspecified atom stereocenters. The number of benzene rings is 3. The molecule has 0 saturated heterocycles. The maximum atomic E-state index is 13.9. The molecule has 4 rings (SSSR count). The van der Waals surface area contributed by atoms with E-state index in [9.17, 15) is 18.8 Å². The number of amides is 2. The van der Waals surface area contributed by atoms with Crippen LogP contribution in [0.3, 0.4) is 0 Å². The number of esters is 1. The highest BCUT2D eigenvalue weighted by atomic mass is 19.1. The fourth-order valence-corrected chi connectivity index (χ4v) is 4.29.